The third kappa shape index (κ3) is 3.00. The summed E-state index contributed by atoms with van der Waals surface area (Å²) in [6.45, 7) is -0.506. The number of halogens is 2. The van der Waals surface area contributed by atoms with E-state index in [4.69, 9.17) is 10.8 Å². The van der Waals surface area contributed by atoms with Gasteiger partial charge in [-0.15, -0.1) is 0 Å². The van der Waals surface area contributed by atoms with E-state index in [9.17, 15) is 13.6 Å². The molecule has 0 bridgehead atoms. The molecule has 0 saturated heterocycles. The molecule has 102 valence electrons. The quantitative estimate of drug-likeness (QED) is 0.626. The second-order valence-corrected chi connectivity index (χ2v) is 4.14. The van der Waals surface area contributed by atoms with Crippen molar-refractivity contribution in [2.24, 2.45) is 0 Å². The van der Waals surface area contributed by atoms with Gasteiger partial charge in [-0.2, -0.15) is 0 Å². The van der Waals surface area contributed by atoms with E-state index in [1.54, 1.807) is 24.3 Å². The SMILES string of the molecule is Nc1ccc2[nH]c(C(=O)NCC(O)C(F)F)cc2c1. The van der Waals surface area contributed by atoms with Crippen LogP contribution in [0.4, 0.5) is 14.5 Å². The molecule has 5 N–H and O–H groups in total. The lowest BCUT2D eigenvalue weighted by atomic mass is 10.2. The van der Waals surface area contributed by atoms with Crippen molar-refractivity contribution < 1.29 is 18.7 Å². The van der Waals surface area contributed by atoms with Crippen LogP contribution in [0.15, 0.2) is 24.3 Å². The van der Waals surface area contributed by atoms with Crippen LogP contribution in [0.3, 0.4) is 0 Å². The molecule has 0 aliphatic heterocycles. The van der Waals surface area contributed by atoms with E-state index in [0.717, 1.165) is 5.39 Å². The Morgan fingerprint density at radius 2 is 2.16 bits per heavy atom. The lowest BCUT2D eigenvalue weighted by Gasteiger charge is -2.09. The van der Waals surface area contributed by atoms with E-state index in [0.29, 0.717) is 11.2 Å². The fourth-order valence-corrected chi connectivity index (χ4v) is 1.66. The number of fused-ring (bicyclic) bond motifs is 1. The van der Waals surface area contributed by atoms with Crippen molar-refractivity contribution in [1.29, 1.82) is 0 Å². The van der Waals surface area contributed by atoms with E-state index >= 15 is 0 Å². The van der Waals surface area contributed by atoms with Gasteiger partial charge >= 0.3 is 0 Å². The molecule has 1 aromatic carbocycles. The number of nitrogens with two attached hydrogens (primary N) is 1. The normalized spacial score (nSPS) is 12.8. The minimum absolute atomic E-state index is 0.224. The number of hydrogen-bond donors (Lipinski definition) is 4. The van der Waals surface area contributed by atoms with E-state index in [-0.39, 0.29) is 5.69 Å². The number of aromatic amines is 1. The molecule has 1 heterocycles. The van der Waals surface area contributed by atoms with Crippen molar-refractivity contribution in [2.45, 2.75) is 12.5 Å². The first-order valence-corrected chi connectivity index (χ1v) is 5.60. The summed E-state index contributed by atoms with van der Waals surface area (Å²) in [7, 11) is 0. The summed E-state index contributed by atoms with van der Waals surface area (Å²) in [5, 5.41) is 11.9. The molecule has 0 spiro atoms. The minimum Gasteiger partial charge on any atom is -0.399 e. The maximum absolute atomic E-state index is 12.1. The predicted molar refractivity (Wildman–Crippen MR) is 67.1 cm³/mol. The molecule has 0 fully saturated rings. The van der Waals surface area contributed by atoms with E-state index in [1.807, 2.05) is 0 Å². The van der Waals surface area contributed by atoms with Crippen LogP contribution in [0.1, 0.15) is 10.5 Å². The van der Waals surface area contributed by atoms with Crippen LogP contribution in [0.2, 0.25) is 0 Å². The average molecular weight is 269 g/mol. The van der Waals surface area contributed by atoms with Crippen molar-refractivity contribution in [3.05, 3.63) is 30.0 Å². The van der Waals surface area contributed by atoms with Crippen LogP contribution in [0, 0.1) is 0 Å². The number of hydrogen-bond acceptors (Lipinski definition) is 3. The zero-order valence-electron chi connectivity index (χ0n) is 9.86. The topological polar surface area (TPSA) is 91.1 Å². The molecule has 1 aromatic heterocycles. The van der Waals surface area contributed by atoms with Gasteiger partial charge in [-0.3, -0.25) is 4.79 Å². The molecule has 1 atom stereocenters. The van der Waals surface area contributed by atoms with E-state index < -0.39 is 25.0 Å². The molecule has 0 saturated carbocycles. The largest absolute Gasteiger partial charge is 0.399 e. The number of aliphatic hydroxyl groups is 1. The van der Waals surface area contributed by atoms with Gasteiger partial charge in [0.05, 0.1) is 0 Å². The Kier molecular flexibility index (Phi) is 3.66. The zero-order valence-corrected chi connectivity index (χ0v) is 9.86. The maximum atomic E-state index is 12.1. The van der Waals surface area contributed by atoms with Gasteiger partial charge in [0.25, 0.3) is 12.3 Å². The minimum atomic E-state index is -2.89. The summed E-state index contributed by atoms with van der Waals surface area (Å²) in [5.41, 5.74) is 7.11. The van der Waals surface area contributed by atoms with Crippen molar-refractivity contribution in [3.8, 4) is 0 Å². The average Bonchev–Trinajstić information content (AvgIpc) is 2.78. The number of carbonyl (C=O) groups excluding carboxylic acids is 1. The molecule has 1 unspecified atom stereocenters. The van der Waals surface area contributed by atoms with Gasteiger partial charge in [0.1, 0.15) is 11.8 Å². The lowest BCUT2D eigenvalue weighted by Crippen LogP contribution is -2.35. The highest BCUT2D eigenvalue weighted by Gasteiger charge is 2.18. The van der Waals surface area contributed by atoms with E-state index in [1.165, 1.54) is 0 Å². The Hall–Kier alpha value is -2.15. The fourth-order valence-electron chi connectivity index (χ4n) is 1.66. The Bertz CT molecular complexity index is 598. The molecule has 2 aromatic rings. The fraction of sp³-hybridized carbons (Fsp3) is 0.250. The number of nitrogen functional groups attached to an aromatic ring is 1. The van der Waals surface area contributed by atoms with Gasteiger partial charge in [-0.05, 0) is 24.3 Å². The third-order valence-electron chi connectivity index (χ3n) is 2.65. The second-order valence-electron chi connectivity index (χ2n) is 4.14. The van der Waals surface area contributed by atoms with Crippen molar-refractivity contribution in [2.75, 3.05) is 12.3 Å². The number of aliphatic hydroxyl groups excluding tert-OH is 1. The van der Waals surface area contributed by atoms with Gasteiger partial charge in [-0.25, -0.2) is 8.78 Å². The van der Waals surface area contributed by atoms with Crippen molar-refractivity contribution in [3.63, 3.8) is 0 Å². The Morgan fingerprint density at radius 3 is 2.84 bits per heavy atom. The molecule has 0 aliphatic carbocycles. The molecule has 5 nitrogen and oxygen atoms in total. The van der Waals surface area contributed by atoms with E-state index in [2.05, 4.69) is 10.3 Å². The number of carbonyl (C=O) groups is 1. The number of nitrogens with one attached hydrogen (secondary N) is 2. The van der Waals surface area contributed by atoms with Crippen LogP contribution in [0.25, 0.3) is 10.9 Å². The molecular formula is C12H13F2N3O2. The smallest absolute Gasteiger partial charge is 0.267 e. The van der Waals surface area contributed by atoms with Gasteiger partial charge in [0.2, 0.25) is 0 Å². The number of aromatic nitrogens is 1. The monoisotopic (exact) mass is 269 g/mol. The van der Waals surface area contributed by atoms with Gasteiger partial charge < -0.3 is 21.1 Å². The number of H-pyrrole nitrogens is 1. The summed E-state index contributed by atoms with van der Waals surface area (Å²) < 4.78 is 24.1. The standard InChI is InChI=1S/C12H13F2N3O2/c13-11(14)10(18)5-16-12(19)9-4-6-3-7(15)1-2-8(6)17-9/h1-4,10-11,17-18H,5,15H2,(H,16,19). The first-order chi connectivity index (χ1) is 8.97. The van der Waals surface area contributed by atoms with Crippen molar-refractivity contribution in [1.82, 2.24) is 10.3 Å². The molecule has 2 rings (SSSR count). The Morgan fingerprint density at radius 1 is 1.42 bits per heavy atom. The first-order valence-electron chi connectivity index (χ1n) is 5.60. The summed E-state index contributed by atoms with van der Waals surface area (Å²) in [5.74, 6) is -0.561. The molecule has 0 aliphatic rings. The Balaban J connectivity index is 2.09. The summed E-state index contributed by atoms with van der Waals surface area (Å²) >= 11 is 0. The highest BCUT2D eigenvalue weighted by atomic mass is 19.3. The highest BCUT2D eigenvalue weighted by molar-refractivity contribution is 5.98. The van der Waals surface area contributed by atoms with Crippen LogP contribution in [-0.2, 0) is 0 Å². The van der Waals surface area contributed by atoms with Crippen LogP contribution in [-0.4, -0.2) is 35.1 Å². The van der Waals surface area contributed by atoms with Gasteiger partial charge in [-0.1, -0.05) is 0 Å². The molecule has 1 amide bonds. The summed E-state index contributed by atoms with van der Waals surface area (Å²) in [6, 6.07) is 6.66. The number of rotatable bonds is 4. The van der Waals surface area contributed by atoms with Crippen LogP contribution in [0.5, 0.6) is 0 Å². The van der Waals surface area contributed by atoms with Crippen LogP contribution >= 0.6 is 0 Å². The van der Waals surface area contributed by atoms with Gasteiger partial charge in [0.15, 0.2) is 0 Å². The predicted octanol–water partition coefficient (Wildman–Crippen LogP) is 1.11. The molecular weight excluding hydrogens is 256 g/mol. The highest BCUT2D eigenvalue weighted by Crippen LogP contribution is 2.18. The lowest BCUT2D eigenvalue weighted by molar-refractivity contribution is -0.00272. The Labute approximate surface area is 107 Å². The van der Waals surface area contributed by atoms with Crippen molar-refractivity contribution >= 4 is 22.5 Å². The first kappa shape index (κ1) is 13.3. The third-order valence-corrected chi connectivity index (χ3v) is 2.65. The summed E-state index contributed by atoms with van der Waals surface area (Å²) in [6.07, 6.45) is -4.76. The molecule has 19 heavy (non-hydrogen) atoms. The maximum Gasteiger partial charge on any atom is 0.267 e. The number of anilines is 1. The molecule has 7 heteroatoms. The van der Waals surface area contributed by atoms with Crippen LogP contribution < -0.4 is 11.1 Å². The number of alkyl halides is 2. The number of benzene rings is 1. The number of amides is 1. The summed E-state index contributed by atoms with van der Waals surface area (Å²) in [4.78, 5) is 14.5. The van der Waals surface area contributed by atoms with Gasteiger partial charge in [0, 0.05) is 23.1 Å². The second kappa shape index (κ2) is 5.23. The zero-order chi connectivity index (χ0) is 14.0. The molecule has 0 radical (unpaired) electrons.